The molecule has 2 amide bonds. The minimum Gasteiger partial charge on any atom is -0.355 e. The third-order valence-corrected chi connectivity index (χ3v) is 2.83. The van der Waals surface area contributed by atoms with Gasteiger partial charge in [0, 0.05) is 25.7 Å². The molecule has 0 spiro atoms. The van der Waals surface area contributed by atoms with Gasteiger partial charge >= 0.3 is 0 Å². The van der Waals surface area contributed by atoms with Crippen LogP contribution in [0.5, 0.6) is 0 Å². The molecule has 3 N–H and O–H groups in total. The van der Waals surface area contributed by atoms with Crippen LogP contribution in [0.4, 0.5) is 5.69 Å². The summed E-state index contributed by atoms with van der Waals surface area (Å²) < 4.78 is 0. The summed E-state index contributed by atoms with van der Waals surface area (Å²) in [7, 11) is 1.53. The monoisotopic (exact) mass is 283 g/mol. The highest BCUT2D eigenvalue weighted by Crippen LogP contribution is 2.20. The Bertz CT molecular complexity index is 463. The first-order valence-corrected chi connectivity index (χ1v) is 6.48. The van der Waals surface area contributed by atoms with Crippen LogP contribution in [-0.2, 0) is 4.79 Å². The van der Waals surface area contributed by atoms with Crippen LogP contribution in [0.3, 0.4) is 0 Å². The van der Waals surface area contributed by atoms with Crippen molar-refractivity contribution < 1.29 is 9.59 Å². The molecule has 104 valence electrons. The number of hydrogen-bond donors (Lipinski definition) is 3. The second-order valence-corrected chi connectivity index (χ2v) is 4.33. The first-order valence-electron chi connectivity index (χ1n) is 6.10. The van der Waals surface area contributed by atoms with Crippen molar-refractivity contribution >= 4 is 29.1 Å². The topological polar surface area (TPSA) is 70.2 Å². The van der Waals surface area contributed by atoms with Crippen LogP contribution >= 0.6 is 11.6 Å². The van der Waals surface area contributed by atoms with Gasteiger partial charge in [-0.2, -0.15) is 0 Å². The van der Waals surface area contributed by atoms with E-state index < -0.39 is 0 Å². The number of benzene rings is 1. The highest BCUT2D eigenvalue weighted by molar-refractivity contribution is 6.34. The van der Waals surface area contributed by atoms with E-state index in [1.165, 1.54) is 7.05 Å². The average Bonchev–Trinajstić information content (AvgIpc) is 2.40. The van der Waals surface area contributed by atoms with E-state index in [1.54, 1.807) is 18.2 Å². The Morgan fingerprint density at radius 3 is 2.68 bits per heavy atom. The fraction of sp³-hybridized carbons (Fsp3) is 0.385. The van der Waals surface area contributed by atoms with Crippen molar-refractivity contribution in [3.8, 4) is 0 Å². The molecule has 0 saturated heterocycles. The summed E-state index contributed by atoms with van der Waals surface area (Å²) >= 11 is 5.93. The van der Waals surface area contributed by atoms with Gasteiger partial charge in [0.25, 0.3) is 5.91 Å². The van der Waals surface area contributed by atoms with E-state index in [1.807, 2.05) is 6.92 Å². The molecule has 1 aromatic carbocycles. The zero-order chi connectivity index (χ0) is 14.3. The van der Waals surface area contributed by atoms with Crippen molar-refractivity contribution in [2.24, 2.45) is 0 Å². The molecule has 0 unspecified atom stereocenters. The number of halogens is 1. The van der Waals surface area contributed by atoms with Crippen LogP contribution in [0.15, 0.2) is 18.2 Å². The maximum atomic E-state index is 11.6. The van der Waals surface area contributed by atoms with Gasteiger partial charge in [-0.1, -0.05) is 18.5 Å². The van der Waals surface area contributed by atoms with Gasteiger partial charge in [-0.25, -0.2) is 0 Å². The maximum absolute atomic E-state index is 11.6. The second kappa shape index (κ2) is 7.76. The molecule has 0 aromatic heterocycles. The lowest BCUT2D eigenvalue weighted by molar-refractivity contribution is -0.116. The van der Waals surface area contributed by atoms with Crippen LogP contribution in [-0.4, -0.2) is 32.0 Å². The summed E-state index contributed by atoms with van der Waals surface area (Å²) in [5.74, 6) is -0.389. The van der Waals surface area contributed by atoms with Gasteiger partial charge in [0.15, 0.2) is 0 Å². The molecule has 0 fully saturated rings. The van der Waals surface area contributed by atoms with Gasteiger partial charge in [-0.05, 0) is 24.7 Å². The SMILES string of the molecule is CCNCCC(=O)Nc1ccc(Cl)c(C(=O)NC)c1. The fourth-order valence-electron chi connectivity index (χ4n) is 1.51. The zero-order valence-electron chi connectivity index (χ0n) is 11.0. The van der Waals surface area contributed by atoms with Crippen LogP contribution in [0.1, 0.15) is 23.7 Å². The molecule has 0 heterocycles. The van der Waals surface area contributed by atoms with E-state index in [0.29, 0.717) is 29.2 Å². The molecular formula is C13H18ClN3O2. The smallest absolute Gasteiger partial charge is 0.252 e. The van der Waals surface area contributed by atoms with E-state index >= 15 is 0 Å². The Labute approximate surface area is 117 Å². The molecule has 5 nitrogen and oxygen atoms in total. The summed E-state index contributed by atoms with van der Waals surface area (Å²) in [6.07, 6.45) is 0.381. The largest absolute Gasteiger partial charge is 0.355 e. The van der Waals surface area contributed by atoms with Crippen LogP contribution in [0.2, 0.25) is 5.02 Å². The van der Waals surface area contributed by atoms with Gasteiger partial charge < -0.3 is 16.0 Å². The van der Waals surface area contributed by atoms with Gasteiger partial charge in [-0.15, -0.1) is 0 Å². The highest BCUT2D eigenvalue weighted by atomic mass is 35.5. The van der Waals surface area contributed by atoms with Gasteiger partial charge in [0.2, 0.25) is 5.91 Å². The van der Waals surface area contributed by atoms with E-state index in [9.17, 15) is 9.59 Å². The molecule has 0 bridgehead atoms. The Balaban J connectivity index is 2.69. The first-order chi connectivity index (χ1) is 9.08. The molecule has 0 aliphatic rings. The van der Waals surface area contributed by atoms with Crippen molar-refractivity contribution in [3.05, 3.63) is 28.8 Å². The molecule has 0 aliphatic heterocycles. The van der Waals surface area contributed by atoms with E-state index in [2.05, 4.69) is 16.0 Å². The summed E-state index contributed by atoms with van der Waals surface area (Å²) in [5.41, 5.74) is 0.901. The van der Waals surface area contributed by atoms with Crippen molar-refractivity contribution in [1.82, 2.24) is 10.6 Å². The third kappa shape index (κ3) is 4.89. The van der Waals surface area contributed by atoms with Crippen LogP contribution in [0, 0.1) is 0 Å². The number of nitrogens with one attached hydrogen (secondary N) is 3. The van der Waals surface area contributed by atoms with Gasteiger partial charge in [0.1, 0.15) is 0 Å². The van der Waals surface area contributed by atoms with Gasteiger partial charge in [-0.3, -0.25) is 9.59 Å². The molecular weight excluding hydrogens is 266 g/mol. The highest BCUT2D eigenvalue weighted by Gasteiger charge is 2.10. The molecule has 0 radical (unpaired) electrons. The summed E-state index contributed by atoms with van der Waals surface area (Å²) in [5, 5.41) is 8.65. The zero-order valence-corrected chi connectivity index (χ0v) is 11.8. The van der Waals surface area contributed by atoms with Gasteiger partial charge in [0.05, 0.1) is 10.6 Å². The number of carbonyl (C=O) groups is 2. The second-order valence-electron chi connectivity index (χ2n) is 3.93. The van der Waals surface area contributed by atoms with E-state index in [-0.39, 0.29) is 11.8 Å². The lowest BCUT2D eigenvalue weighted by Crippen LogP contribution is -2.22. The Morgan fingerprint density at radius 1 is 1.32 bits per heavy atom. The third-order valence-electron chi connectivity index (χ3n) is 2.50. The molecule has 1 aromatic rings. The lowest BCUT2D eigenvalue weighted by Gasteiger charge is -2.08. The van der Waals surface area contributed by atoms with Crippen LogP contribution in [0.25, 0.3) is 0 Å². The van der Waals surface area contributed by atoms with E-state index in [0.717, 1.165) is 6.54 Å². The summed E-state index contributed by atoms with van der Waals surface area (Å²) in [6, 6.07) is 4.82. The normalized spacial score (nSPS) is 10.1. The molecule has 19 heavy (non-hydrogen) atoms. The number of amides is 2. The molecule has 0 aliphatic carbocycles. The average molecular weight is 284 g/mol. The number of hydrogen-bond acceptors (Lipinski definition) is 3. The quantitative estimate of drug-likeness (QED) is 0.695. The van der Waals surface area contributed by atoms with Crippen molar-refractivity contribution in [2.75, 3.05) is 25.5 Å². The predicted octanol–water partition coefficient (Wildman–Crippen LogP) is 1.64. The maximum Gasteiger partial charge on any atom is 0.252 e. The number of anilines is 1. The molecule has 1 rings (SSSR count). The van der Waals surface area contributed by atoms with Crippen molar-refractivity contribution in [2.45, 2.75) is 13.3 Å². The predicted molar refractivity (Wildman–Crippen MR) is 76.6 cm³/mol. The van der Waals surface area contributed by atoms with E-state index in [4.69, 9.17) is 11.6 Å². The molecule has 0 saturated carbocycles. The Morgan fingerprint density at radius 2 is 2.05 bits per heavy atom. The fourth-order valence-corrected chi connectivity index (χ4v) is 1.72. The Kier molecular flexibility index (Phi) is 6.32. The van der Waals surface area contributed by atoms with Crippen molar-refractivity contribution in [1.29, 1.82) is 0 Å². The summed E-state index contributed by atoms with van der Waals surface area (Å²) in [4.78, 5) is 23.2. The molecule has 6 heteroatoms. The first kappa shape index (κ1) is 15.5. The standard InChI is InChI=1S/C13H18ClN3O2/c1-3-16-7-6-12(18)17-9-4-5-11(14)10(8-9)13(19)15-2/h4-5,8,16H,3,6-7H2,1-2H3,(H,15,19)(H,17,18). The van der Waals surface area contributed by atoms with Crippen molar-refractivity contribution in [3.63, 3.8) is 0 Å². The molecule has 0 atom stereocenters. The minimum atomic E-state index is -0.284. The number of rotatable bonds is 6. The Hall–Kier alpha value is -1.59. The summed E-state index contributed by atoms with van der Waals surface area (Å²) in [6.45, 7) is 3.43. The lowest BCUT2D eigenvalue weighted by atomic mass is 10.2. The number of carbonyl (C=O) groups excluding carboxylic acids is 2. The minimum absolute atomic E-state index is 0.105. The van der Waals surface area contributed by atoms with Crippen LogP contribution < -0.4 is 16.0 Å².